The Morgan fingerprint density at radius 3 is 1.95 bits per heavy atom. The van der Waals surface area contributed by atoms with Crippen LogP contribution >= 0.6 is 0 Å². The SMILES string of the molecule is COCCCC(=O)CCC(O)CCC(=O)CCC(C)O. The number of carbonyl (C=O) groups excluding carboxylic acids is 2. The van der Waals surface area contributed by atoms with Crippen molar-refractivity contribution < 1.29 is 24.5 Å². The first-order valence-corrected chi connectivity index (χ1v) is 7.34. The van der Waals surface area contributed by atoms with Crippen LogP contribution in [0.1, 0.15) is 58.3 Å². The zero-order valence-electron chi connectivity index (χ0n) is 12.6. The summed E-state index contributed by atoms with van der Waals surface area (Å²) in [6, 6.07) is 0. The van der Waals surface area contributed by atoms with Gasteiger partial charge in [-0.2, -0.15) is 0 Å². The number of ether oxygens (including phenoxy) is 1. The van der Waals surface area contributed by atoms with Gasteiger partial charge in [0.15, 0.2) is 0 Å². The summed E-state index contributed by atoms with van der Waals surface area (Å²) >= 11 is 0. The molecule has 0 aromatic heterocycles. The largest absolute Gasteiger partial charge is 0.393 e. The van der Waals surface area contributed by atoms with Gasteiger partial charge in [-0.1, -0.05) is 0 Å². The molecular formula is C15H28O5. The molecule has 0 aliphatic heterocycles. The van der Waals surface area contributed by atoms with Gasteiger partial charge in [0.2, 0.25) is 0 Å². The summed E-state index contributed by atoms with van der Waals surface area (Å²) in [6.07, 6.45) is 2.41. The van der Waals surface area contributed by atoms with Crippen molar-refractivity contribution in [3.63, 3.8) is 0 Å². The van der Waals surface area contributed by atoms with E-state index in [9.17, 15) is 14.7 Å². The number of Topliss-reactive ketones (excluding diaryl/α,β-unsaturated/α-hetero) is 2. The summed E-state index contributed by atoms with van der Waals surface area (Å²) in [4.78, 5) is 22.9. The summed E-state index contributed by atoms with van der Waals surface area (Å²) in [5.74, 6) is 0.179. The Morgan fingerprint density at radius 2 is 1.45 bits per heavy atom. The third kappa shape index (κ3) is 12.3. The number of rotatable bonds is 13. The highest BCUT2D eigenvalue weighted by atomic mass is 16.5. The molecular weight excluding hydrogens is 260 g/mol. The van der Waals surface area contributed by atoms with Gasteiger partial charge in [0.25, 0.3) is 0 Å². The number of hydrogen-bond donors (Lipinski definition) is 2. The summed E-state index contributed by atoms with van der Waals surface area (Å²) < 4.78 is 4.87. The second-order valence-electron chi connectivity index (χ2n) is 5.29. The van der Waals surface area contributed by atoms with Crippen molar-refractivity contribution in [3.8, 4) is 0 Å². The van der Waals surface area contributed by atoms with Crippen LogP contribution in [0.25, 0.3) is 0 Å². The van der Waals surface area contributed by atoms with Gasteiger partial charge in [0, 0.05) is 39.4 Å². The molecule has 0 saturated carbocycles. The van der Waals surface area contributed by atoms with E-state index in [0.29, 0.717) is 58.0 Å². The Morgan fingerprint density at radius 1 is 0.950 bits per heavy atom. The Balaban J connectivity index is 3.60. The van der Waals surface area contributed by atoms with Crippen LogP contribution < -0.4 is 0 Å². The summed E-state index contributed by atoms with van der Waals surface area (Å²) in [7, 11) is 1.60. The maximum Gasteiger partial charge on any atom is 0.133 e. The van der Waals surface area contributed by atoms with E-state index in [2.05, 4.69) is 0 Å². The standard InChI is InChI=1S/C15H28O5/c1-12(16)5-6-14(18)9-10-15(19)8-7-13(17)4-3-11-20-2/h12,15-16,19H,3-11H2,1-2H3. The average Bonchev–Trinajstić information content (AvgIpc) is 2.40. The average molecular weight is 288 g/mol. The third-order valence-corrected chi connectivity index (χ3v) is 3.16. The molecule has 0 spiro atoms. The molecule has 2 N–H and O–H groups in total. The molecule has 0 aromatic rings. The molecule has 5 heteroatoms. The first-order chi connectivity index (χ1) is 9.45. The molecule has 0 amide bonds. The van der Waals surface area contributed by atoms with Gasteiger partial charge < -0.3 is 14.9 Å². The van der Waals surface area contributed by atoms with Crippen LogP contribution in [0.15, 0.2) is 0 Å². The predicted molar refractivity (Wildman–Crippen MR) is 76.5 cm³/mol. The zero-order chi connectivity index (χ0) is 15.4. The van der Waals surface area contributed by atoms with Crippen molar-refractivity contribution in [2.24, 2.45) is 0 Å². The van der Waals surface area contributed by atoms with Crippen molar-refractivity contribution in [2.75, 3.05) is 13.7 Å². The minimum atomic E-state index is -0.600. The van der Waals surface area contributed by atoms with Crippen molar-refractivity contribution in [2.45, 2.75) is 70.5 Å². The van der Waals surface area contributed by atoms with Crippen LogP contribution in [0.2, 0.25) is 0 Å². The summed E-state index contributed by atoms with van der Waals surface area (Å²) in [5.41, 5.74) is 0. The molecule has 2 unspecified atom stereocenters. The molecule has 0 heterocycles. The number of ketones is 2. The molecule has 0 saturated heterocycles. The molecule has 0 aromatic carbocycles. The van der Waals surface area contributed by atoms with Gasteiger partial charge in [-0.15, -0.1) is 0 Å². The van der Waals surface area contributed by atoms with Gasteiger partial charge >= 0.3 is 0 Å². The van der Waals surface area contributed by atoms with E-state index in [4.69, 9.17) is 9.84 Å². The van der Waals surface area contributed by atoms with Crippen LogP contribution in [0.4, 0.5) is 0 Å². The smallest absolute Gasteiger partial charge is 0.133 e. The van der Waals surface area contributed by atoms with Crippen LogP contribution in [0, 0.1) is 0 Å². The molecule has 0 rings (SSSR count). The maximum atomic E-state index is 11.5. The van der Waals surface area contributed by atoms with Crippen molar-refractivity contribution in [3.05, 3.63) is 0 Å². The molecule has 0 aliphatic rings. The van der Waals surface area contributed by atoms with E-state index >= 15 is 0 Å². The van der Waals surface area contributed by atoms with Gasteiger partial charge in [0.05, 0.1) is 12.2 Å². The van der Waals surface area contributed by atoms with Gasteiger partial charge in [0.1, 0.15) is 11.6 Å². The number of hydrogen-bond acceptors (Lipinski definition) is 5. The fraction of sp³-hybridized carbons (Fsp3) is 0.867. The number of carbonyl (C=O) groups is 2. The van der Waals surface area contributed by atoms with Crippen LogP contribution in [0.5, 0.6) is 0 Å². The zero-order valence-corrected chi connectivity index (χ0v) is 12.6. The monoisotopic (exact) mass is 288 g/mol. The number of methoxy groups -OCH3 is 1. The topological polar surface area (TPSA) is 83.8 Å². The highest BCUT2D eigenvalue weighted by Crippen LogP contribution is 2.10. The first-order valence-electron chi connectivity index (χ1n) is 7.34. The molecule has 20 heavy (non-hydrogen) atoms. The second-order valence-corrected chi connectivity index (χ2v) is 5.29. The Hall–Kier alpha value is -0.780. The van der Waals surface area contributed by atoms with Crippen molar-refractivity contribution in [1.82, 2.24) is 0 Å². The van der Waals surface area contributed by atoms with Crippen molar-refractivity contribution in [1.29, 1.82) is 0 Å². The van der Waals surface area contributed by atoms with Gasteiger partial charge in [-0.3, -0.25) is 9.59 Å². The van der Waals surface area contributed by atoms with E-state index in [1.54, 1.807) is 14.0 Å². The lowest BCUT2D eigenvalue weighted by Crippen LogP contribution is -2.13. The van der Waals surface area contributed by atoms with E-state index in [1.807, 2.05) is 0 Å². The van der Waals surface area contributed by atoms with Gasteiger partial charge in [-0.05, 0) is 32.6 Å². The fourth-order valence-corrected chi connectivity index (χ4v) is 1.83. The van der Waals surface area contributed by atoms with Crippen LogP contribution in [0.3, 0.4) is 0 Å². The fourth-order valence-electron chi connectivity index (χ4n) is 1.83. The van der Waals surface area contributed by atoms with E-state index in [0.717, 1.165) is 0 Å². The highest BCUT2D eigenvalue weighted by Gasteiger charge is 2.11. The number of aliphatic hydroxyl groups is 2. The van der Waals surface area contributed by atoms with Crippen molar-refractivity contribution >= 4 is 11.6 Å². The van der Waals surface area contributed by atoms with Crippen LogP contribution in [-0.2, 0) is 14.3 Å². The minimum absolute atomic E-state index is 0.0522. The van der Waals surface area contributed by atoms with Gasteiger partial charge in [-0.25, -0.2) is 0 Å². The van der Waals surface area contributed by atoms with Crippen LogP contribution in [-0.4, -0.2) is 47.7 Å². The molecule has 2 atom stereocenters. The third-order valence-electron chi connectivity index (χ3n) is 3.16. The molecule has 0 radical (unpaired) electrons. The lowest BCUT2D eigenvalue weighted by molar-refractivity contribution is -0.120. The summed E-state index contributed by atoms with van der Waals surface area (Å²) in [5, 5.41) is 18.8. The second kappa shape index (κ2) is 12.0. The predicted octanol–water partition coefficient (Wildman–Crippen LogP) is 1.63. The Bertz CT molecular complexity index is 275. The molecule has 0 aliphatic carbocycles. The lowest BCUT2D eigenvalue weighted by Gasteiger charge is -2.10. The number of aliphatic hydroxyl groups excluding tert-OH is 2. The molecule has 0 bridgehead atoms. The van der Waals surface area contributed by atoms with E-state index < -0.39 is 12.2 Å². The maximum absolute atomic E-state index is 11.5. The quantitative estimate of drug-likeness (QED) is 0.503. The Kier molecular flexibility index (Phi) is 11.5. The molecule has 118 valence electrons. The first kappa shape index (κ1) is 19.2. The Labute approximate surface area is 121 Å². The summed E-state index contributed by atoms with van der Waals surface area (Å²) in [6.45, 7) is 2.23. The minimum Gasteiger partial charge on any atom is -0.393 e. The van der Waals surface area contributed by atoms with E-state index in [-0.39, 0.29) is 11.6 Å². The normalized spacial score (nSPS) is 14.0. The van der Waals surface area contributed by atoms with E-state index in [1.165, 1.54) is 0 Å². The molecule has 0 fully saturated rings. The molecule has 5 nitrogen and oxygen atoms in total. The lowest BCUT2D eigenvalue weighted by atomic mass is 10.0. The highest BCUT2D eigenvalue weighted by molar-refractivity contribution is 5.79.